The van der Waals surface area contributed by atoms with Gasteiger partial charge in [0.2, 0.25) is 11.8 Å². The van der Waals surface area contributed by atoms with Crippen molar-refractivity contribution in [3.8, 4) is 0 Å². The lowest BCUT2D eigenvalue weighted by atomic mass is 10.1. The number of benzene rings is 1. The van der Waals surface area contributed by atoms with E-state index in [0.29, 0.717) is 15.9 Å². The summed E-state index contributed by atoms with van der Waals surface area (Å²) in [5.41, 5.74) is 2.53. The number of thiocarbonyl (C=S) groups is 1. The second-order valence-electron chi connectivity index (χ2n) is 6.23. The SMILES string of the molecule is CCc1ccc(Cc2cnc(NC(=O)CN3C(=O)C(CC)SC3=S)s2)cc1. The van der Waals surface area contributed by atoms with Gasteiger partial charge in [-0.1, -0.05) is 62.1 Å². The number of nitrogens with zero attached hydrogens (tertiary/aromatic N) is 2. The van der Waals surface area contributed by atoms with E-state index in [1.54, 1.807) is 6.20 Å². The van der Waals surface area contributed by atoms with Crippen molar-refractivity contribution in [2.75, 3.05) is 11.9 Å². The third kappa shape index (κ3) is 4.94. The molecule has 1 aliphatic heterocycles. The Balaban J connectivity index is 1.56. The van der Waals surface area contributed by atoms with Crippen LogP contribution in [-0.2, 0) is 22.4 Å². The predicted molar refractivity (Wildman–Crippen MR) is 115 cm³/mol. The van der Waals surface area contributed by atoms with Crippen LogP contribution < -0.4 is 5.32 Å². The molecule has 142 valence electrons. The van der Waals surface area contributed by atoms with Gasteiger partial charge in [0.05, 0.1) is 5.25 Å². The Labute approximate surface area is 172 Å². The van der Waals surface area contributed by atoms with Gasteiger partial charge >= 0.3 is 0 Å². The summed E-state index contributed by atoms with van der Waals surface area (Å²) in [7, 11) is 0. The number of carbonyl (C=O) groups is 2. The van der Waals surface area contributed by atoms with Gasteiger partial charge in [-0.15, -0.1) is 11.3 Å². The van der Waals surface area contributed by atoms with E-state index in [4.69, 9.17) is 12.2 Å². The first-order valence-corrected chi connectivity index (χ1v) is 10.9. The predicted octanol–water partition coefficient (Wildman–Crippen LogP) is 3.87. The number of carbonyl (C=O) groups excluding carboxylic acids is 2. The average molecular weight is 420 g/mol. The molecule has 5 nitrogen and oxygen atoms in total. The molecule has 1 fully saturated rings. The summed E-state index contributed by atoms with van der Waals surface area (Å²) in [6, 6.07) is 8.52. The van der Waals surface area contributed by atoms with E-state index in [0.717, 1.165) is 17.7 Å². The van der Waals surface area contributed by atoms with Crippen LogP contribution in [-0.4, -0.2) is 37.8 Å². The third-order valence-electron chi connectivity index (χ3n) is 4.29. The highest BCUT2D eigenvalue weighted by molar-refractivity contribution is 8.24. The molecule has 2 heterocycles. The van der Waals surface area contributed by atoms with Crippen LogP contribution >= 0.6 is 35.3 Å². The Hall–Kier alpha value is -1.77. The zero-order chi connectivity index (χ0) is 19.4. The average Bonchev–Trinajstić information content (AvgIpc) is 3.21. The minimum Gasteiger partial charge on any atom is -0.300 e. The molecule has 1 N–H and O–H groups in total. The lowest BCUT2D eigenvalue weighted by molar-refractivity contribution is -0.129. The van der Waals surface area contributed by atoms with Gasteiger partial charge in [0.1, 0.15) is 10.9 Å². The summed E-state index contributed by atoms with van der Waals surface area (Å²) in [4.78, 5) is 31.2. The number of amides is 2. The van der Waals surface area contributed by atoms with Crippen LogP contribution in [0.2, 0.25) is 0 Å². The maximum atomic E-state index is 12.3. The maximum Gasteiger partial charge on any atom is 0.246 e. The molecule has 1 aromatic heterocycles. The largest absolute Gasteiger partial charge is 0.300 e. The van der Waals surface area contributed by atoms with E-state index in [-0.39, 0.29) is 23.6 Å². The van der Waals surface area contributed by atoms with Crippen LogP contribution in [0.25, 0.3) is 0 Å². The van der Waals surface area contributed by atoms with Gasteiger partial charge in [0.15, 0.2) is 5.13 Å². The van der Waals surface area contributed by atoms with Crippen LogP contribution in [0.15, 0.2) is 30.5 Å². The highest BCUT2D eigenvalue weighted by atomic mass is 32.2. The molecule has 0 bridgehead atoms. The van der Waals surface area contributed by atoms with Crippen molar-refractivity contribution in [1.29, 1.82) is 0 Å². The molecule has 1 atom stereocenters. The van der Waals surface area contributed by atoms with Crippen molar-refractivity contribution in [2.24, 2.45) is 0 Å². The van der Waals surface area contributed by atoms with Crippen molar-refractivity contribution in [2.45, 2.75) is 38.4 Å². The number of thioether (sulfide) groups is 1. The highest BCUT2D eigenvalue weighted by Gasteiger charge is 2.36. The summed E-state index contributed by atoms with van der Waals surface area (Å²) in [5, 5.41) is 3.14. The summed E-state index contributed by atoms with van der Waals surface area (Å²) in [6.07, 6.45) is 4.29. The molecule has 8 heteroatoms. The van der Waals surface area contributed by atoms with Crippen molar-refractivity contribution in [3.63, 3.8) is 0 Å². The van der Waals surface area contributed by atoms with Gasteiger partial charge in [-0.25, -0.2) is 4.98 Å². The minimum absolute atomic E-state index is 0.0610. The molecule has 1 aliphatic rings. The lowest BCUT2D eigenvalue weighted by Gasteiger charge is -2.14. The number of rotatable bonds is 7. The lowest BCUT2D eigenvalue weighted by Crippen LogP contribution is -2.38. The Kier molecular flexibility index (Phi) is 6.62. The number of thiazole rings is 1. The third-order valence-corrected chi connectivity index (χ3v) is 6.95. The molecule has 3 rings (SSSR count). The van der Waals surface area contributed by atoms with Crippen LogP contribution in [0.1, 0.15) is 36.3 Å². The molecule has 1 saturated heterocycles. The molecule has 27 heavy (non-hydrogen) atoms. The van der Waals surface area contributed by atoms with Gasteiger partial charge in [-0.05, 0) is 24.0 Å². The minimum atomic E-state index is -0.281. The van der Waals surface area contributed by atoms with Gasteiger partial charge < -0.3 is 5.32 Å². The molecule has 2 amide bonds. The summed E-state index contributed by atoms with van der Waals surface area (Å²) < 4.78 is 0.470. The Morgan fingerprint density at radius 3 is 2.59 bits per heavy atom. The quantitative estimate of drug-likeness (QED) is 0.690. The Morgan fingerprint density at radius 1 is 1.26 bits per heavy atom. The van der Waals surface area contributed by atoms with E-state index in [1.165, 1.54) is 39.1 Å². The van der Waals surface area contributed by atoms with Crippen LogP contribution in [0.4, 0.5) is 5.13 Å². The fourth-order valence-corrected chi connectivity index (χ4v) is 5.03. The standard InChI is InChI=1S/C19H21N3O2S3/c1-3-12-5-7-13(8-6-12)9-14-10-20-18(26-14)21-16(23)11-22-17(24)15(4-2)27-19(22)25/h5-8,10,15H,3-4,9,11H2,1-2H3,(H,20,21,23). The monoisotopic (exact) mass is 419 g/mol. The first-order chi connectivity index (χ1) is 13.0. The molecule has 0 radical (unpaired) electrons. The number of hydrogen-bond donors (Lipinski definition) is 1. The topological polar surface area (TPSA) is 62.3 Å². The second-order valence-corrected chi connectivity index (χ2v) is 9.18. The smallest absolute Gasteiger partial charge is 0.246 e. The van der Waals surface area contributed by atoms with E-state index >= 15 is 0 Å². The fourth-order valence-electron chi connectivity index (χ4n) is 2.74. The highest BCUT2D eigenvalue weighted by Crippen LogP contribution is 2.29. The number of aryl methyl sites for hydroxylation is 1. The van der Waals surface area contributed by atoms with E-state index in [2.05, 4.69) is 41.5 Å². The van der Waals surface area contributed by atoms with Crippen molar-refractivity contribution in [1.82, 2.24) is 9.88 Å². The normalized spacial score (nSPS) is 16.8. The van der Waals surface area contributed by atoms with Gasteiger partial charge in [0, 0.05) is 17.5 Å². The van der Waals surface area contributed by atoms with Crippen molar-refractivity contribution >= 4 is 56.6 Å². The first kappa shape index (κ1) is 20.0. The zero-order valence-corrected chi connectivity index (χ0v) is 17.7. The maximum absolute atomic E-state index is 12.3. The van der Waals surface area contributed by atoms with Crippen LogP contribution in [0, 0.1) is 0 Å². The molecular weight excluding hydrogens is 398 g/mol. The zero-order valence-electron chi connectivity index (χ0n) is 15.2. The molecule has 1 aromatic carbocycles. The molecule has 2 aromatic rings. The number of aromatic nitrogens is 1. The first-order valence-electron chi connectivity index (χ1n) is 8.84. The second kappa shape index (κ2) is 8.95. The molecule has 1 unspecified atom stereocenters. The van der Waals surface area contributed by atoms with E-state index in [1.807, 2.05) is 6.92 Å². The van der Waals surface area contributed by atoms with E-state index in [9.17, 15) is 9.59 Å². The molecule has 0 aliphatic carbocycles. The fraction of sp³-hybridized carbons (Fsp3) is 0.368. The van der Waals surface area contributed by atoms with Crippen LogP contribution in [0.5, 0.6) is 0 Å². The molecule has 0 spiro atoms. The number of anilines is 1. The Bertz CT molecular complexity index is 848. The summed E-state index contributed by atoms with van der Waals surface area (Å²) in [6.45, 7) is 4.01. The van der Waals surface area contributed by atoms with Crippen LogP contribution in [0.3, 0.4) is 0 Å². The van der Waals surface area contributed by atoms with Gasteiger partial charge in [-0.2, -0.15) is 0 Å². The summed E-state index contributed by atoms with van der Waals surface area (Å²) >= 11 is 8.01. The van der Waals surface area contributed by atoms with Gasteiger partial charge in [-0.3, -0.25) is 14.5 Å². The van der Waals surface area contributed by atoms with Gasteiger partial charge in [0.25, 0.3) is 0 Å². The Morgan fingerprint density at radius 2 is 1.96 bits per heavy atom. The van der Waals surface area contributed by atoms with E-state index < -0.39 is 0 Å². The number of nitrogens with one attached hydrogen (secondary N) is 1. The van der Waals surface area contributed by atoms with Crippen molar-refractivity contribution in [3.05, 3.63) is 46.5 Å². The number of hydrogen-bond acceptors (Lipinski definition) is 6. The van der Waals surface area contributed by atoms with Crippen molar-refractivity contribution < 1.29 is 9.59 Å². The molecular formula is C19H21N3O2S3. The molecule has 0 saturated carbocycles. The summed E-state index contributed by atoms with van der Waals surface area (Å²) in [5.74, 6) is -0.366.